The van der Waals surface area contributed by atoms with E-state index in [9.17, 15) is 4.79 Å². The third-order valence-electron chi connectivity index (χ3n) is 5.48. The van der Waals surface area contributed by atoms with E-state index in [2.05, 4.69) is 30.9 Å². The molecule has 0 bridgehead atoms. The number of benzene rings is 1. The van der Waals surface area contributed by atoms with Crippen molar-refractivity contribution in [1.29, 1.82) is 0 Å². The number of pyridine rings is 1. The van der Waals surface area contributed by atoms with Crippen molar-refractivity contribution < 1.29 is 14.3 Å². The highest BCUT2D eigenvalue weighted by Gasteiger charge is 2.15. The van der Waals surface area contributed by atoms with Crippen molar-refractivity contribution in [2.45, 2.75) is 18.9 Å². The van der Waals surface area contributed by atoms with Crippen molar-refractivity contribution in [3.8, 4) is 17.0 Å². The number of aromatic nitrogens is 3. The molecule has 9 heteroatoms. The molecule has 1 fully saturated rings. The molecule has 172 valence electrons. The Morgan fingerprint density at radius 2 is 2.06 bits per heavy atom. The SMILES string of the molecule is CNC(=O)c1ccc(CCNc2cc(-c3ccc(N[C@@H]4CCOC4)nc3)ncn2)c(OC)c1. The number of nitrogens with one attached hydrogen (secondary N) is 3. The molecule has 0 spiro atoms. The van der Waals surface area contributed by atoms with Gasteiger partial charge in [-0.2, -0.15) is 0 Å². The van der Waals surface area contributed by atoms with E-state index in [0.717, 1.165) is 41.5 Å². The molecule has 0 radical (unpaired) electrons. The van der Waals surface area contributed by atoms with E-state index in [0.29, 0.717) is 36.9 Å². The summed E-state index contributed by atoms with van der Waals surface area (Å²) in [6.07, 6.45) is 5.05. The number of rotatable bonds is 9. The number of amides is 1. The summed E-state index contributed by atoms with van der Waals surface area (Å²) >= 11 is 0. The Balaban J connectivity index is 1.36. The van der Waals surface area contributed by atoms with Gasteiger partial charge in [0.15, 0.2) is 0 Å². The van der Waals surface area contributed by atoms with Crippen molar-refractivity contribution in [3.05, 3.63) is 60.0 Å². The van der Waals surface area contributed by atoms with Crippen LogP contribution in [0.5, 0.6) is 5.75 Å². The molecule has 1 aliphatic heterocycles. The molecular formula is C24H28N6O3. The first-order valence-electron chi connectivity index (χ1n) is 10.9. The molecule has 9 nitrogen and oxygen atoms in total. The van der Waals surface area contributed by atoms with Crippen LogP contribution in [0.1, 0.15) is 22.3 Å². The van der Waals surface area contributed by atoms with Crippen LogP contribution in [0, 0.1) is 0 Å². The molecule has 1 aliphatic rings. The lowest BCUT2D eigenvalue weighted by Crippen LogP contribution is -2.19. The molecule has 2 aromatic heterocycles. The molecule has 33 heavy (non-hydrogen) atoms. The summed E-state index contributed by atoms with van der Waals surface area (Å²) in [7, 11) is 3.21. The predicted molar refractivity (Wildman–Crippen MR) is 127 cm³/mol. The second-order valence-corrected chi connectivity index (χ2v) is 7.71. The summed E-state index contributed by atoms with van der Waals surface area (Å²) in [4.78, 5) is 25.0. The fourth-order valence-electron chi connectivity index (χ4n) is 3.66. The zero-order chi connectivity index (χ0) is 23.0. The number of anilines is 2. The van der Waals surface area contributed by atoms with Gasteiger partial charge >= 0.3 is 0 Å². The molecule has 1 amide bonds. The zero-order valence-corrected chi connectivity index (χ0v) is 18.8. The summed E-state index contributed by atoms with van der Waals surface area (Å²) in [5.74, 6) is 2.10. The van der Waals surface area contributed by atoms with E-state index in [1.54, 1.807) is 32.6 Å². The molecule has 3 N–H and O–H groups in total. The van der Waals surface area contributed by atoms with Crippen molar-refractivity contribution in [1.82, 2.24) is 20.3 Å². The highest BCUT2D eigenvalue weighted by Crippen LogP contribution is 2.22. The summed E-state index contributed by atoms with van der Waals surface area (Å²) in [6.45, 7) is 2.16. The minimum absolute atomic E-state index is 0.141. The fraction of sp³-hybridized carbons (Fsp3) is 0.333. The Morgan fingerprint density at radius 1 is 1.15 bits per heavy atom. The lowest BCUT2D eigenvalue weighted by molar-refractivity contribution is 0.0962. The summed E-state index contributed by atoms with van der Waals surface area (Å²) in [5, 5.41) is 9.33. The number of hydrogen-bond acceptors (Lipinski definition) is 8. The molecule has 4 rings (SSSR count). The molecule has 0 saturated carbocycles. The first-order chi connectivity index (χ1) is 16.2. The zero-order valence-electron chi connectivity index (χ0n) is 18.8. The van der Waals surface area contributed by atoms with Gasteiger partial charge in [0, 0.05) is 43.6 Å². The van der Waals surface area contributed by atoms with Crippen molar-refractivity contribution in [2.24, 2.45) is 0 Å². The summed E-state index contributed by atoms with van der Waals surface area (Å²) < 4.78 is 10.9. The number of ether oxygens (including phenoxy) is 2. The Hall–Kier alpha value is -3.72. The van der Waals surface area contributed by atoms with Gasteiger partial charge in [0.25, 0.3) is 5.91 Å². The van der Waals surface area contributed by atoms with Crippen molar-refractivity contribution in [3.63, 3.8) is 0 Å². The maximum atomic E-state index is 11.8. The first-order valence-corrected chi connectivity index (χ1v) is 10.9. The molecule has 3 heterocycles. The monoisotopic (exact) mass is 448 g/mol. The topological polar surface area (TPSA) is 110 Å². The Kier molecular flexibility index (Phi) is 7.31. The lowest BCUT2D eigenvalue weighted by Gasteiger charge is -2.12. The standard InChI is InChI=1S/C24H28N6O3/c1-25-24(31)17-4-3-16(21(11-17)32-2)7-9-26-23-12-20(28-15-29-23)18-5-6-22(27-13-18)30-19-8-10-33-14-19/h3-6,11-13,15,19H,7-10,14H2,1-2H3,(H,25,31)(H,27,30)(H,26,28,29)/t19-/m1/s1. The summed E-state index contributed by atoms with van der Waals surface area (Å²) in [6, 6.07) is 11.6. The smallest absolute Gasteiger partial charge is 0.251 e. The van der Waals surface area contributed by atoms with E-state index in [1.807, 2.05) is 30.5 Å². The third-order valence-corrected chi connectivity index (χ3v) is 5.48. The summed E-state index contributed by atoms with van der Waals surface area (Å²) in [5.41, 5.74) is 3.29. The van der Waals surface area contributed by atoms with E-state index in [-0.39, 0.29) is 5.91 Å². The quantitative estimate of drug-likeness (QED) is 0.458. The fourth-order valence-corrected chi connectivity index (χ4v) is 3.66. The van der Waals surface area contributed by atoms with Crippen LogP contribution >= 0.6 is 0 Å². The maximum absolute atomic E-state index is 11.8. The second-order valence-electron chi connectivity index (χ2n) is 7.71. The number of carbonyl (C=O) groups is 1. The van der Waals surface area contributed by atoms with Crippen LogP contribution in [0.25, 0.3) is 11.3 Å². The largest absolute Gasteiger partial charge is 0.496 e. The van der Waals surface area contributed by atoms with Gasteiger partial charge in [0.05, 0.1) is 25.5 Å². The van der Waals surface area contributed by atoms with Crippen LogP contribution in [0.4, 0.5) is 11.6 Å². The van der Waals surface area contributed by atoms with Crippen molar-refractivity contribution >= 4 is 17.5 Å². The van der Waals surface area contributed by atoms with E-state index < -0.39 is 0 Å². The number of methoxy groups -OCH3 is 1. The van der Waals surface area contributed by atoms with Gasteiger partial charge in [0.1, 0.15) is 23.7 Å². The normalized spacial score (nSPS) is 15.2. The van der Waals surface area contributed by atoms with Crippen LogP contribution in [0.3, 0.4) is 0 Å². The predicted octanol–water partition coefficient (Wildman–Crippen LogP) is 2.76. The van der Waals surface area contributed by atoms with Gasteiger partial charge in [0.2, 0.25) is 0 Å². The Morgan fingerprint density at radius 3 is 2.79 bits per heavy atom. The molecule has 1 saturated heterocycles. The molecule has 1 aromatic carbocycles. The Bertz CT molecular complexity index is 1080. The van der Waals surface area contributed by atoms with Gasteiger partial charge in [-0.05, 0) is 42.7 Å². The van der Waals surface area contributed by atoms with Gasteiger partial charge < -0.3 is 25.4 Å². The highest BCUT2D eigenvalue weighted by atomic mass is 16.5. The molecule has 1 atom stereocenters. The molecular weight excluding hydrogens is 420 g/mol. The van der Waals surface area contributed by atoms with Crippen LogP contribution in [-0.2, 0) is 11.2 Å². The second kappa shape index (κ2) is 10.7. The minimum Gasteiger partial charge on any atom is -0.496 e. The van der Waals surface area contributed by atoms with Gasteiger partial charge in [-0.1, -0.05) is 6.07 Å². The minimum atomic E-state index is -0.141. The lowest BCUT2D eigenvalue weighted by atomic mass is 10.1. The maximum Gasteiger partial charge on any atom is 0.251 e. The number of nitrogens with zero attached hydrogens (tertiary/aromatic N) is 3. The number of carbonyl (C=O) groups excluding carboxylic acids is 1. The first kappa shape index (κ1) is 22.5. The average molecular weight is 449 g/mol. The van der Waals surface area contributed by atoms with Crippen LogP contribution in [-0.4, -0.2) is 60.8 Å². The van der Waals surface area contributed by atoms with E-state index in [1.165, 1.54) is 0 Å². The van der Waals surface area contributed by atoms with Crippen molar-refractivity contribution in [2.75, 3.05) is 44.5 Å². The van der Waals surface area contributed by atoms with E-state index >= 15 is 0 Å². The molecule has 3 aromatic rings. The van der Waals surface area contributed by atoms with Crippen LogP contribution in [0.15, 0.2) is 48.9 Å². The van der Waals surface area contributed by atoms with E-state index in [4.69, 9.17) is 9.47 Å². The van der Waals surface area contributed by atoms with Gasteiger partial charge in [-0.3, -0.25) is 4.79 Å². The highest BCUT2D eigenvalue weighted by molar-refractivity contribution is 5.94. The van der Waals surface area contributed by atoms with Crippen LogP contribution < -0.4 is 20.7 Å². The van der Waals surface area contributed by atoms with Gasteiger partial charge in [-0.25, -0.2) is 15.0 Å². The Labute approximate surface area is 193 Å². The molecule has 0 unspecified atom stereocenters. The van der Waals surface area contributed by atoms with Crippen LogP contribution in [0.2, 0.25) is 0 Å². The van der Waals surface area contributed by atoms with Gasteiger partial charge in [-0.15, -0.1) is 0 Å². The third kappa shape index (κ3) is 5.75. The molecule has 0 aliphatic carbocycles. The number of hydrogen-bond donors (Lipinski definition) is 3. The average Bonchev–Trinajstić information content (AvgIpc) is 3.37.